The maximum Gasteiger partial charge on any atom is 0.309 e. The van der Waals surface area contributed by atoms with Gasteiger partial charge in [0, 0.05) is 0 Å². The number of carboxylic acid groups (broad SMARTS) is 1. The molecule has 0 saturated heterocycles. The summed E-state index contributed by atoms with van der Waals surface area (Å²) in [5.74, 6) is -0.795. The van der Waals surface area contributed by atoms with Crippen molar-refractivity contribution >= 4 is 5.97 Å². The number of hydrogen-bond acceptors (Lipinski definition) is 2. The maximum atomic E-state index is 10.7. The highest BCUT2D eigenvalue weighted by Crippen LogP contribution is 2.24. The molecule has 0 radical (unpaired) electrons. The zero-order valence-electron chi connectivity index (χ0n) is 8.71. The van der Waals surface area contributed by atoms with Gasteiger partial charge >= 0.3 is 5.97 Å². The number of carboxylic acids is 1. The van der Waals surface area contributed by atoms with Crippen LogP contribution in [0.1, 0.15) is 46.5 Å². The normalized spacial score (nSPS) is 14.2. The van der Waals surface area contributed by atoms with Crippen LogP contribution in [0, 0.1) is 5.41 Å². The number of aliphatic hydroxyl groups excluding tert-OH is 1. The first kappa shape index (κ1) is 12.4. The topological polar surface area (TPSA) is 57.5 Å². The third kappa shape index (κ3) is 4.88. The number of aliphatic hydroxyl groups is 1. The van der Waals surface area contributed by atoms with Crippen molar-refractivity contribution in [1.29, 1.82) is 0 Å². The molecule has 0 bridgehead atoms. The Labute approximate surface area is 79.8 Å². The van der Waals surface area contributed by atoms with Crippen molar-refractivity contribution in [2.75, 3.05) is 0 Å². The summed E-state index contributed by atoms with van der Waals surface area (Å²) in [6.07, 6.45) is 2.46. The van der Waals surface area contributed by atoms with Crippen molar-refractivity contribution in [3.8, 4) is 0 Å². The van der Waals surface area contributed by atoms with Crippen LogP contribution in [0.3, 0.4) is 0 Å². The summed E-state index contributed by atoms with van der Waals surface area (Å²) in [7, 11) is 0. The van der Waals surface area contributed by atoms with E-state index in [2.05, 4.69) is 0 Å². The maximum absolute atomic E-state index is 10.7. The monoisotopic (exact) mass is 188 g/mol. The first-order chi connectivity index (χ1) is 5.90. The van der Waals surface area contributed by atoms with Crippen LogP contribution in [0.25, 0.3) is 0 Å². The second-order valence-electron chi connectivity index (χ2n) is 4.17. The highest BCUT2D eigenvalue weighted by atomic mass is 16.4. The fraction of sp³-hybridized carbons (Fsp3) is 0.900. The predicted octanol–water partition coefficient (Wildman–Crippen LogP) is 2.04. The first-order valence-corrected chi connectivity index (χ1v) is 4.81. The molecule has 3 heteroatoms. The van der Waals surface area contributed by atoms with E-state index in [1.165, 1.54) is 0 Å². The molecule has 2 N–H and O–H groups in total. The molecule has 0 saturated carbocycles. The van der Waals surface area contributed by atoms with Crippen LogP contribution in [0.15, 0.2) is 0 Å². The quantitative estimate of drug-likeness (QED) is 0.670. The molecule has 0 fully saturated rings. The van der Waals surface area contributed by atoms with Crippen LogP contribution in [0.4, 0.5) is 0 Å². The number of rotatable bonds is 6. The van der Waals surface area contributed by atoms with E-state index in [0.717, 1.165) is 12.8 Å². The Morgan fingerprint density at radius 3 is 2.31 bits per heavy atom. The Hall–Kier alpha value is -0.570. The van der Waals surface area contributed by atoms with Gasteiger partial charge in [0.1, 0.15) is 0 Å². The van der Waals surface area contributed by atoms with Gasteiger partial charge in [0.05, 0.1) is 11.5 Å². The Morgan fingerprint density at radius 2 is 1.92 bits per heavy atom. The van der Waals surface area contributed by atoms with Crippen LogP contribution in [0.2, 0.25) is 0 Å². The highest BCUT2D eigenvalue weighted by Gasteiger charge is 2.27. The summed E-state index contributed by atoms with van der Waals surface area (Å²) in [4.78, 5) is 10.7. The number of aliphatic carboxylic acids is 1. The predicted molar refractivity (Wildman–Crippen MR) is 51.6 cm³/mol. The molecule has 0 aliphatic carbocycles. The van der Waals surface area contributed by atoms with E-state index in [9.17, 15) is 9.90 Å². The molecule has 0 aliphatic heterocycles. The van der Waals surface area contributed by atoms with Crippen molar-refractivity contribution in [1.82, 2.24) is 0 Å². The van der Waals surface area contributed by atoms with E-state index in [-0.39, 0.29) is 6.10 Å². The largest absolute Gasteiger partial charge is 0.481 e. The van der Waals surface area contributed by atoms with E-state index in [0.29, 0.717) is 12.8 Å². The van der Waals surface area contributed by atoms with Crippen LogP contribution < -0.4 is 0 Å². The SMILES string of the molecule is CCC[C@H](O)CCC(C)(C)C(=O)O. The van der Waals surface area contributed by atoms with Crippen LogP contribution in [-0.4, -0.2) is 22.3 Å². The fourth-order valence-electron chi connectivity index (χ4n) is 1.11. The molecule has 0 aromatic carbocycles. The van der Waals surface area contributed by atoms with Gasteiger partial charge in [-0.1, -0.05) is 13.3 Å². The van der Waals surface area contributed by atoms with Gasteiger partial charge in [0.15, 0.2) is 0 Å². The minimum absolute atomic E-state index is 0.344. The second-order valence-corrected chi connectivity index (χ2v) is 4.17. The number of carbonyl (C=O) groups is 1. The summed E-state index contributed by atoms with van der Waals surface area (Å²) >= 11 is 0. The van der Waals surface area contributed by atoms with Crippen LogP contribution >= 0.6 is 0 Å². The minimum atomic E-state index is -0.795. The Bertz CT molecular complexity index is 164. The molecule has 0 aliphatic rings. The lowest BCUT2D eigenvalue weighted by Crippen LogP contribution is -2.25. The lowest BCUT2D eigenvalue weighted by Gasteiger charge is -2.20. The van der Waals surface area contributed by atoms with E-state index in [1.54, 1.807) is 13.8 Å². The Morgan fingerprint density at radius 1 is 1.38 bits per heavy atom. The van der Waals surface area contributed by atoms with E-state index >= 15 is 0 Å². The highest BCUT2D eigenvalue weighted by molar-refractivity contribution is 5.73. The molecular weight excluding hydrogens is 168 g/mol. The molecule has 0 aromatic heterocycles. The van der Waals surface area contributed by atoms with Crippen LogP contribution in [0.5, 0.6) is 0 Å². The van der Waals surface area contributed by atoms with E-state index in [4.69, 9.17) is 5.11 Å². The van der Waals surface area contributed by atoms with Gasteiger partial charge in [-0.2, -0.15) is 0 Å². The molecule has 0 amide bonds. The summed E-state index contributed by atoms with van der Waals surface area (Å²) in [6, 6.07) is 0. The van der Waals surface area contributed by atoms with Gasteiger partial charge in [-0.05, 0) is 33.1 Å². The van der Waals surface area contributed by atoms with Crippen molar-refractivity contribution < 1.29 is 15.0 Å². The van der Waals surface area contributed by atoms with E-state index in [1.807, 2.05) is 6.92 Å². The lowest BCUT2D eigenvalue weighted by atomic mass is 9.86. The third-order valence-electron chi connectivity index (χ3n) is 2.30. The summed E-state index contributed by atoms with van der Waals surface area (Å²) in [6.45, 7) is 5.38. The lowest BCUT2D eigenvalue weighted by molar-refractivity contribution is -0.147. The van der Waals surface area contributed by atoms with E-state index < -0.39 is 11.4 Å². The molecule has 13 heavy (non-hydrogen) atoms. The zero-order valence-corrected chi connectivity index (χ0v) is 8.71. The molecule has 0 spiro atoms. The first-order valence-electron chi connectivity index (χ1n) is 4.81. The fourth-order valence-corrected chi connectivity index (χ4v) is 1.11. The Kier molecular flexibility index (Phi) is 4.99. The second kappa shape index (κ2) is 5.22. The average molecular weight is 188 g/mol. The Balaban J connectivity index is 3.80. The average Bonchev–Trinajstić information content (AvgIpc) is 2.01. The summed E-state index contributed by atoms with van der Waals surface area (Å²) < 4.78 is 0. The van der Waals surface area contributed by atoms with Gasteiger partial charge in [-0.3, -0.25) is 4.79 Å². The molecular formula is C10H20O3. The molecule has 0 unspecified atom stereocenters. The molecule has 0 aromatic rings. The molecule has 1 atom stereocenters. The standard InChI is InChI=1S/C10H20O3/c1-4-5-8(11)6-7-10(2,3)9(12)13/h8,11H,4-7H2,1-3H3,(H,12,13)/t8-/m0/s1. The summed E-state index contributed by atoms with van der Waals surface area (Å²) in [5.41, 5.74) is -0.714. The molecule has 3 nitrogen and oxygen atoms in total. The van der Waals surface area contributed by atoms with Crippen molar-refractivity contribution in [3.63, 3.8) is 0 Å². The molecule has 78 valence electrons. The van der Waals surface area contributed by atoms with Gasteiger partial charge < -0.3 is 10.2 Å². The van der Waals surface area contributed by atoms with Crippen molar-refractivity contribution in [3.05, 3.63) is 0 Å². The molecule has 0 rings (SSSR count). The van der Waals surface area contributed by atoms with Crippen molar-refractivity contribution in [2.24, 2.45) is 5.41 Å². The summed E-state index contributed by atoms with van der Waals surface area (Å²) in [5, 5.41) is 18.2. The van der Waals surface area contributed by atoms with Gasteiger partial charge in [0.25, 0.3) is 0 Å². The minimum Gasteiger partial charge on any atom is -0.481 e. The van der Waals surface area contributed by atoms with Gasteiger partial charge in [-0.25, -0.2) is 0 Å². The van der Waals surface area contributed by atoms with Gasteiger partial charge in [0.2, 0.25) is 0 Å². The zero-order chi connectivity index (χ0) is 10.5. The number of hydrogen-bond donors (Lipinski definition) is 2. The smallest absolute Gasteiger partial charge is 0.309 e. The van der Waals surface area contributed by atoms with Crippen LogP contribution in [-0.2, 0) is 4.79 Å². The molecule has 0 heterocycles. The van der Waals surface area contributed by atoms with Gasteiger partial charge in [-0.15, -0.1) is 0 Å². The third-order valence-corrected chi connectivity index (χ3v) is 2.30. The van der Waals surface area contributed by atoms with Crippen molar-refractivity contribution in [2.45, 2.75) is 52.6 Å².